The van der Waals surface area contributed by atoms with Crippen molar-refractivity contribution in [2.75, 3.05) is 99.4 Å². The zero-order valence-electron chi connectivity index (χ0n) is 52.7. The zero-order chi connectivity index (χ0) is 65.4. The van der Waals surface area contributed by atoms with Crippen molar-refractivity contribution in [1.29, 1.82) is 0 Å². The number of carbonyl (C=O) groups is 5. The number of hydrogen-bond donors (Lipinski definition) is 3. The Bertz CT molecular complexity index is 4440. The number of aromatic nitrogens is 9. The van der Waals surface area contributed by atoms with Gasteiger partial charge in [-0.15, -0.1) is 0 Å². The van der Waals surface area contributed by atoms with Crippen molar-refractivity contribution in [3.8, 4) is 22.3 Å². The highest BCUT2D eigenvalue weighted by Crippen LogP contribution is 2.34. The van der Waals surface area contributed by atoms with Crippen LogP contribution in [0.4, 0.5) is 22.7 Å². The molecular weight excluding hydrogens is 1190 g/mol. The zero-order valence-corrected chi connectivity index (χ0v) is 53.4. The van der Waals surface area contributed by atoms with E-state index in [2.05, 4.69) is 151 Å². The van der Waals surface area contributed by atoms with Gasteiger partial charge in [0.2, 0.25) is 17.7 Å². The van der Waals surface area contributed by atoms with Gasteiger partial charge in [-0.3, -0.25) is 58.9 Å². The molecule has 7 aromatic heterocycles. The minimum atomic E-state index is 0.106. The molecule has 0 aliphatic carbocycles. The number of benzene rings is 4. The van der Waals surface area contributed by atoms with E-state index in [1.165, 1.54) is 34.2 Å². The number of nitrogen functional groups attached to an aromatic ring is 1. The van der Waals surface area contributed by atoms with Gasteiger partial charge in [-0.05, 0) is 88.6 Å². The second kappa shape index (κ2) is 30.9. The first-order valence-corrected chi connectivity index (χ1v) is 31.0. The van der Waals surface area contributed by atoms with Gasteiger partial charge in [0.05, 0.1) is 43.9 Å². The number of amides is 3. The first-order valence-electron chi connectivity index (χ1n) is 30.6. The van der Waals surface area contributed by atoms with Gasteiger partial charge in [0.15, 0.2) is 12.6 Å². The minimum Gasteiger partial charge on any atom is -0.399 e. The third kappa shape index (κ3) is 16.3. The molecule has 23 heteroatoms. The molecule has 93 heavy (non-hydrogen) atoms. The van der Waals surface area contributed by atoms with Crippen LogP contribution in [-0.2, 0) is 35.0 Å². The number of aldehydes is 2. The van der Waals surface area contributed by atoms with Crippen molar-refractivity contribution < 1.29 is 24.0 Å². The van der Waals surface area contributed by atoms with E-state index >= 15 is 0 Å². The fraction of sp³-hybridized carbons (Fsp3) is 0.257. The highest BCUT2D eigenvalue weighted by Gasteiger charge is 2.23. The third-order valence-corrected chi connectivity index (χ3v) is 16.8. The first kappa shape index (κ1) is 65.2. The Labute approximate surface area is 544 Å². The van der Waals surface area contributed by atoms with Gasteiger partial charge in [0.1, 0.15) is 0 Å². The number of nitrogens with two attached hydrogens (primary N) is 1. The van der Waals surface area contributed by atoms with Crippen molar-refractivity contribution in [1.82, 2.24) is 64.0 Å². The van der Waals surface area contributed by atoms with Crippen molar-refractivity contribution in [2.45, 2.75) is 27.3 Å². The van der Waals surface area contributed by atoms with E-state index in [0.717, 1.165) is 139 Å². The molecular formula is C70H74ClN17O5. The van der Waals surface area contributed by atoms with Gasteiger partial charge >= 0.3 is 0 Å². The maximum atomic E-state index is 11.7. The summed E-state index contributed by atoms with van der Waals surface area (Å²) >= 11 is 5.55. The van der Waals surface area contributed by atoms with Crippen LogP contribution in [0.25, 0.3) is 66.1 Å². The minimum absolute atomic E-state index is 0.106. The lowest BCUT2D eigenvalue weighted by Gasteiger charge is -2.36. The number of pyridine rings is 3. The van der Waals surface area contributed by atoms with Gasteiger partial charge < -0.3 is 50.0 Å². The average Bonchev–Trinajstić information content (AvgIpc) is 1.80. The summed E-state index contributed by atoms with van der Waals surface area (Å²) < 4.78 is 4.24. The summed E-state index contributed by atoms with van der Waals surface area (Å²) in [6, 6.07) is 30.6. The fourth-order valence-electron chi connectivity index (χ4n) is 11.4. The van der Waals surface area contributed by atoms with E-state index in [4.69, 9.17) is 17.3 Å². The van der Waals surface area contributed by atoms with Crippen LogP contribution in [0.2, 0.25) is 5.02 Å². The Morgan fingerprint density at radius 1 is 0.527 bits per heavy atom. The quantitative estimate of drug-likeness (QED) is 0.0899. The van der Waals surface area contributed by atoms with Gasteiger partial charge in [-0.25, -0.2) is 0 Å². The maximum Gasteiger partial charge on any atom is 0.219 e. The van der Waals surface area contributed by atoms with Gasteiger partial charge in [0, 0.05) is 239 Å². The molecule has 4 aromatic carbocycles. The standard InChI is InChI=1S/C29H29N7O.C17H14N4.C12H15N3O2.C6H4ClNO.C6H12N2O/c1-20(37)35-11-13-36(14-12-35)27-5-7-30-18-23(27)19-33-24-16-25(29-26(17-24)31-8-9-32-29)22-4-3-21-6-10-34(2)28(21)15-22;1-21-7-4-11-2-3-12(8-16(11)21)14-9-13(18)10-15-17(14)20-6-5-19-15;1-10(17)14-4-6-15(7-5-14)12-2-3-13-8-11(12)9-16;7-6-1-2-8-3-5(6)4-9;1-6(9)8-4-2-7-3-5-8/h3-10,15-18,33H,11-14,19H2,1-2H3;2-10H,18H2,1H3;2-3,8-9H,4-7H2,1H3;1-4H;7H,2-5H2,1H3. The molecule has 14 rings (SSSR count). The summed E-state index contributed by atoms with van der Waals surface area (Å²) in [5, 5.41) is 9.66. The van der Waals surface area contributed by atoms with Crippen LogP contribution in [0.15, 0.2) is 165 Å². The van der Waals surface area contributed by atoms with Crippen molar-refractivity contribution in [2.24, 2.45) is 14.1 Å². The lowest BCUT2D eigenvalue weighted by molar-refractivity contribution is -0.130. The number of anilines is 4. The lowest BCUT2D eigenvalue weighted by atomic mass is 10.0. The topological polar surface area (TPSA) is 252 Å². The number of nitrogens with zero attached hydrogens (tertiary/aromatic N) is 14. The highest BCUT2D eigenvalue weighted by molar-refractivity contribution is 6.32. The molecule has 3 fully saturated rings. The number of halogens is 1. The lowest BCUT2D eigenvalue weighted by Crippen LogP contribution is -2.48. The van der Waals surface area contributed by atoms with Gasteiger partial charge in [-0.1, -0.05) is 35.9 Å². The number of carbonyl (C=O) groups excluding carboxylic acids is 5. The van der Waals surface area contributed by atoms with Crippen LogP contribution < -0.4 is 26.2 Å². The Balaban J connectivity index is 0.000000142. The van der Waals surface area contributed by atoms with Gasteiger partial charge in [0.25, 0.3) is 0 Å². The Morgan fingerprint density at radius 2 is 1.00 bits per heavy atom. The van der Waals surface area contributed by atoms with Crippen LogP contribution in [0.3, 0.4) is 0 Å². The number of hydrogen-bond acceptors (Lipinski definition) is 17. The van der Waals surface area contributed by atoms with Crippen LogP contribution >= 0.6 is 11.6 Å². The molecule has 3 saturated heterocycles. The summed E-state index contributed by atoms with van der Waals surface area (Å²) in [6.07, 6.45) is 22.5. The van der Waals surface area contributed by atoms with E-state index in [9.17, 15) is 24.0 Å². The molecule has 0 saturated carbocycles. The van der Waals surface area contributed by atoms with Crippen LogP contribution in [0.5, 0.6) is 0 Å². The van der Waals surface area contributed by atoms with E-state index in [-0.39, 0.29) is 17.7 Å². The van der Waals surface area contributed by atoms with Crippen LogP contribution in [-0.4, -0.2) is 168 Å². The molecule has 0 unspecified atom stereocenters. The smallest absolute Gasteiger partial charge is 0.219 e. The molecule has 4 N–H and O–H groups in total. The Morgan fingerprint density at radius 3 is 1.52 bits per heavy atom. The summed E-state index contributed by atoms with van der Waals surface area (Å²) in [7, 11) is 4.11. The fourth-order valence-corrected chi connectivity index (χ4v) is 11.5. The van der Waals surface area contributed by atoms with Gasteiger partial charge in [-0.2, -0.15) is 0 Å². The molecule has 0 spiro atoms. The van der Waals surface area contributed by atoms with Crippen molar-refractivity contribution in [3.05, 3.63) is 187 Å². The molecule has 22 nitrogen and oxygen atoms in total. The van der Waals surface area contributed by atoms with Crippen molar-refractivity contribution in [3.63, 3.8) is 0 Å². The monoisotopic (exact) mass is 1270 g/mol. The normalized spacial score (nSPS) is 13.8. The average molecular weight is 1270 g/mol. The summed E-state index contributed by atoms with van der Waals surface area (Å²) in [6.45, 7) is 15.1. The summed E-state index contributed by atoms with van der Waals surface area (Å²) in [4.78, 5) is 94.8. The molecule has 3 aliphatic rings. The van der Waals surface area contributed by atoms with E-state index in [1.807, 2.05) is 52.3 Å². The Hall–Kier alpha value is -10.7. The largest absolute Gasteiger partial charge is 0.399 e. The molecule has 3 amide bonds. The highest BCUT2D eigenvalue weighted by atomic mass is 35.5. The second-order valence-electron chi connectivity index (χ2n) is 22.5. The second-order valence-corrected chi connectivity index (χ2v) is 22.9. The molecule has 476 valence electrons. The SMILES string of the molecule is CC(=O)N1CCN(c2ccncc2C=O)CC1.CC(=O)N1CCN(c2ccncc2CNc2cc(-c3ccc4ccn(C)c4c3)c3nccnc3c2)CC1.CC(=O)N1CCNCC1.Cn1ccc2ccc(-c3cc(N)cc4nccnc34)cc21.O=Cc1cnccc1Cl. The number of fused-ring (bicyclic) bond motifs is 4. The molecule has 0 bridgehead atoms. The molecule has 0 atom stereocenters. The summed E-state index contributed by atoms with van der Waals surface area (Å²) in [5.41, 5.74) is 21.9. The number of piperazine rings is 3. The number of rotatable bonds is 9. The Kier molecular flexibility index (Phi) is 21.7. The van der Waals surface area contributed by atoms with Crippen molar-refractivity contribution >= 4 is 109 Å². The number of nitrogens with one attached hydrogen (secondary N) is 2. The van der Waals surface area contributed by atoms with E-state index < -0.39 is 0 Å². The third-order valence-electron chi connectivity index (χ3n) is 16.5. The van der Waals surface area contributed by atoms with E-state index in [0.29, 0.717) is 47.8 Å². The molecule has 3 aliphatic heterocycles. The molecule has 11 aromatic rings. The molecule has 0 radical (unpaired) electrons. The van der Waals surface area contributed by atoms with E-state index in [1.54, 1.807) is 64.0 Å². The summed E-state index contributed by atoms with van der Waals surface area (Å²) in [5.74, 6) is 0.434. The van der Waals surface area contributed by atoms with Crippen LogP contribution in [0.1, 0.15) is 47.1 Å². The first-order chi connectivity index (χ1) is 45.2. The predicted octanol–water partition coefficient (Wildman–Crippen LogP) is 9.38. The predicted molar refractivity (Wildman–Crippen MR) is 367 cm³/mol. The van der Waals surface area contributed by atoms with Crippen LogP contribution in [0, 0.1) is 0 Å². The maximum absolute atomic E-state index is 11.7. The molecule has 10 heterocycles. The number of aryl methyl sites for hydroxylation is 2.